The predicted octanol–water partition coefficient (Wildman–Crippen LogP) is 3.59. The Bertz CT molecular complexity index is 976. The molecule has 3 atom stereocenters. The van der Waals surface area contributed by atoms with Gasteiger partial charge in [0.05, 0.1) is 29.0 Å². The number of anilines is 1. The van der Waals surface area contributed by atoms with Gasteiger partial charge in [-0.25, -0.2) is 0 Å². The third-order valence-electron chi connectivity index (χ3n) is 5.04. The summed E-state index contributed by atoms with van der Waals surface area (Å²) < 4.78 is 0. The fraction of sp³-hybridized carbons (Fsp3) is 0.200. The first kappa shape index (κ1) is 16.0. The maximum Gasteiger partial charge on any atom is 0.270 e. The van der Waals surface area contributed by atoms with Gasteiger partial charge in [-0.2, -0.15) is 5.26 Å². The van der Waals surface area contributed by atoms with Crippen molar-refractivity contribution in [3.63, 3.8) is 0 Å². The van der Waals surface area contributed by atoms with E-state index in [0.29, 0.717) is 12.0 Å². The van der Waals surface area contributed by atoms with E-state index in [0.717, 1.165) is 11.3 Å². The summed E-state index contributed by atoms with van der Waals surface area (Å²) in [4.78, 5) is 25.7. The SMILES string of the molecule is N#C[C@@H]1C[C@@H](C(=O)c2cccc([N+](=O)[O-])c2)N2c3ccccc3C=C[C@@H]12. The first-order chi connectivity index (χ1) is 12.6. The second kappa shape index (κ2) is 6.12. The summed E-state index contributed by atoms with van der Waals surface area (Å²) in [6, 6.07) is 15.2. The smallest absolute Gasteiger partial charge is 0.270 e. The standard InChI is InChI=1S/C20H15N3O3/c21-12-15-11-19(20(24)14-5-3-6-16(10-14)23(25)26)22-17-7-2-1-4-13(17)8-9-18(15)22/h1-10,15,18-19H,11H2/t15-,18-,19-/m0/s1. The number of Topliss-reactive ketones (excluding diaryl/α,β-unsaturated/α-hetero) is 1. The minimum absolute atomic E-state index is 0.110. The van der Waals surface area contributed by atoms with Gasteiger partial charge in [-0.3, -0.25) is 14.9 Å². The number of nitro benzene ring substituents is 1. The monoisotopic (exact) mass is 345 g/mol. The average Bonchev–Trinajstić information content (AvgIpc) is 3.06. The molecule has 0 saturated carbocycles. The van der Waals surface area contributed by atoms with Gasteiger partial charge in [0.2, 0.25) is 0 Å². The highest BCUT2D eigenvalue weighted by molar-refractivity contribution is 6.03. The Morgan fingerprint density at radius 2 is 2.04 bits per heavy atom. The van der Waals surface area contributed by atoms with Crippen LogP contribution in [-0.4, -0.2) is 22.8 Å². The van der Waals surface area contributed by atoms with E-state index in [1.54, 1.807) is 6.07 Å². The lowest BCUT2D eigenvalue weighted by molar-refractivity contribution is -0.384. The van der Waals surface area contributed by atoms with Gasteiger partial charge >= 0.3 is 0 Å². The number of non-ortho nitro benzene ring substituents is 1. The van der Waals surface area contributed by atoms with Crippen LogP contribution in [0.25, 0.3) is 6.08 Å². The average molecular weight is 345 g/mol. The normalized spacial score (nSPS) is 23.0. The molecule has 0 N–H and O–H groups in total. The number of nitriles is 1. The zero-order valence-corrected chi connectivity index (χ0v) is 13.8. The first-order valence-corrected chi connectivity index (χ1v) is 8.34. The zero-order valence-electron chi connectivity index (χ0n) is 13.8. The lowest BCUT2D eigenvalue weighted by Gasteiger charge is -2.34. The van der Waals surface area contributed by atoms with E-state index < -0.39 is 11.0 Å². The molecule has 0 bridgehead atoms. The molecule has 4 rings (SSSR count). The van der Waals surface area contributed by atoms with Gasteiger partial charge in [0.15, 0.2) is 5.78 Å². The number of para-hydroxylation sites is 1. The molecule has 1 saturated heterocycles. The van der Waals surface area contributed by atoms with E-state index >= 15 is 0 Å². The molecule has 6 nitrogen and oxygen atoms in total. The highest BCUT2D eigenvalue weighted by Crippen LogP contribution is 2.41. The van der Waals surface area contributed by atoms with E-state index in [1.165, 1.54) is 18.2 Å². The van der Waals surface area contributed by atoms with E-state index in [4.69, 9.17) is 0 Å². The Balaban J connectivity index is 1.76. The van der Waals surface area contributed by atoms with Crippen LogP contribution in [0.15, 0.2) is 54.6 Å². The summed E-state index contributed by atoms with van der Waals surface area (Å²) in [5, 5.41) is 20.5. The summed E-state index contributed by atoms with van der Waals surface area (Å²) in [6.45, 7) is 0. The topological polar surface area (TPSA) is 87.2 Å². The number of nitrogens with zero attached hydrogens (tertiary/aromatic N) is 3. The van der Waals surface area contributed by atoms with Crippen LogP contribution in [0.4, 0.5) is 11.4 Å². The minimum atomic E-state index is -0.516. The van der Waals surface area contributed by atoms with Gasteiger partial charge in [0.25, 0.3) is 5.69 Å². The summed E-state index contributed by atoms with van der Waals surface area (Å²) in [5.74, 6) is -0.492. The minimum Gasteiger partial charge on any atom is -0.353 e. The fourth-order valence-corrected chi connectivity index (χ4v) is 3.84. The summed E-state index contributed by atoms with van der Waals surface area (Å²) in [7, 11) is 0. The van der Waals surface area contributed by atoms with Gasteiger partial charge < -0.3 is 4.90 Å². The van der Waals surface area contributed by atoms with Gasteiger partial charge in [-0.05, 0) is 18.1 Å². The lowest BCUT2D eigenvalue weighted by atomic mass is 9.96. The van der Waals surface area contributed by atoms with E-state index in [-0.39, 0.29) is 23.4 Å². The van der Waals surface area contributed by atoms with E-state index in [2.05, 4.69) is 6.07 Å². The second-order valence-corrected chi connectivity index (χ2v) is 6.47. The molecule has 2 aromatic carbocycles. The zero-order chi connectivity index (χ0) is 18.3. The Morgan fingerprint density at radius 1 is 1.23 bits per heavy atom. The van der Waals surface area contributed by atoms with Crippen LogP contribution in [0.2, 0.25) is 0 Å². The molecule has 2 aliphatic rings. The van der Waals surface area contributed by atoms with Crippen molar-refractivity contribution in [3.05, 3.63) is 75.8 Å². The third kappa shape index (κ3) is 2.45. The largest absolute Gasteiger partial charge is 0.353 e. The molecule has 6 heteroatoms. The number of nitro groups is 1. The van der Waals surface area contributed by atoms with Crippen molar-refractivity contribution >= 4 is 23.2 Å². The fourth-order valence-electron chi connectivity index (χ4n) is 3.84. The van der Waals surface area contributed by atoms with Crippen LogP contribution >= 0.6 is 0 Å². The van der Waals surface area contributed by atoms with Gasteiger partial charge in [-0.1, -0.05) is 42.5 Å². The lowest BCUT2D eigenvalue weighted by Crippen LogP contribution is -2.42. The molecule has 0 spiro atoms. The van der Waals surface area contributed by atoms with Crippen molar-refractivity contribution in [3.8, 4) is 6.07 Å². The number of carbonyl (C=O) groups excluding carboxylic acids is 1. The van der Waals surface area contributed by atoms with Crippen molar-refractivity contribution in [1.29, 1.82) is 5.26 Å². The van der Waals surface area contributed by atoms with Crippen LogP contribution in [0.3, 0.4) is 0 Å². The Labute approximate surface area is 150 Å². The van der Waals surface area contributed by atoms with Crippen molar-refractivity contribution < 1.29 is 9.72 Å². The Morgan fingerprint density at radius 3 is 2.81 bits per heavy atom. The second-order valence-electron chi connectivity index (χ2n) is 6.47. The number of ketones is 1. The third-order valence-corrected chi connectivity index (χ3v) is 5.04. The molecule has 2 heterocycles. The molecule has 1 fully saturated rings. The van der Waals surface area contributed by atoms with Crippen LogP contribution in [0.1, 0.15) is 22.3 Å². The van der Waals surface area contributed by atoms with Crippen molar-refractivity contribution in [2.24, 2.45) is 5.92 Å². The number of fused-ring (bicyclic) bond motifs is 3. The van der Waals surface area contributed by atoms with E-state index in [1.807, 2.05) is 41.3 Å². The summed E-state index contributed by atoms with van der Waals surface area (Å²) >= 11 is 0. The van der Waals surface area contributed by atoms with Crippen molar-refractivity contribution in [1.82, 2.24) is 0 Å². The predicted molar refractivity (Wildman–Crippen MR) is 96.7 cm³/mol. The molecule has 2 aromatic rings. The number of hydrogen-bond donors (Lipinski definition) is 0. The molecule has 26 heavy (non-hydrogen) atoms. The molecule has 0 aromatic heterocycles. The highest BCUT2D eigenvalue weighted by atomic mass is 16.6. The first-order valence-electron chi connectivity index (χ1n) is 8.34. The van der Waals surface area contributed by atoms with Crippen LogP contribution in [0.5, 0.6) is 0 Å². The maximum atomic E-state index is 13.2. The van der Waals surface area contributed by atoms with Crippen molar-refractivity contribution in [2.45, 2.75) is 18.5 Å². The number of carbonyl (C=O) groups is 1. The van der Waals surface area contributed by atoms with Gasteiger partial charge in [-0.15, -0.1) is 0 Å². The molecule has 0 amide bonds. The van der Waals surface area contributed by atoms with Crippen LogP contribution in [0, 0.1) is 27.4 Å². The molecular formula is C20H15N3O3. The summed E-state index contributed by atoms with van der Waals surface area (Å²) in [5.41, 5.74) is 2.11. The van der Waals surface area contributed by atoms with Crippen LogP contribution in [-0.2, 0) is 0 Å². The number of benzene rings is 2. The van der Waals surface area contributed by atoms with E-state index in [9.17, 15) is 20.2 Å². The maximum absolute atomic E-state index is 13.2. The molecular weight excluding hydrogens is 330 g/mol. The molecule has 128 valence electrons. The quantitative estimate of drug-likeness (QED) is 0.482. The Kier molecular flexibility index (Phi) is 3.77. The summed E-state index contributed by atoms with van der Waals surface area (Å²) in [6.07, 6.45) is 4.36. The number of hydrogen-bond acceptors (Lipinski definition) is 5. The number of rotatable bonds is 3. The molecule has 0 unspecified atom stereocenters. The van der Waals surface area contributed by atoms with Gasteiger partial charge in [0.1, 0.15) is 0 Å². The molecule has 2 aliphatic heterocycles. The van der Waals surface area contributed by atoms with Crippen LogP contribution < -0.4 is 4.90 Å². The molecule has 0 aliphatic carbocycles. The van der Waals surface area contributed by atoms with Gasteiger partial charge in [0, 0.05) is 23.4 Å². The molecule has 0 radical (unpaired) electrons. The highest BCUT2D eigenvalue weighted by Gasteiger charge is 2.45. The Hall–Kier alpha value is -3.46. The van der Waals surface area contributed by atoms with Crippen molar-refractivity contribution in [2.75, 3.05) is 4.90 Å².